The molecular weight excluding hydrogens is 252 g/mol. The van der Waals surface area contributed by atoms with E-state index >= 15 is 0 Å². The van der Waals surface area contributed by atoms with Crippen LogP contribution in [0.2, 0.25) is 5.22 Å². The third-order valence-electron chi connectivity index (χ3n) is 2.77. The van der Waals surface area contributed by atoms with Crippen LogP contribution in [-0.2, 0) is 13.0 Å². The number of nitrogens with one attached hydrogen (secondary N) is 1. The van der Waals surface area contributed by atoms with Crippen molar-refractivity contribution in [2.75, 3.05) is 6.54 Å². The van der Waals surface area contributed by atoms with Crippen LogP contribution < -0.4 is 5.32 Å². The number of rotatable bonds is 6. The maximum absolute atomic E-state index is 5.82. The first-order valence-corrected chi connectivity index (χ1v) is 6.47. The minimum Gasteiger partial charge on any atom is -0.448 e. The number of likely N-dealkylation sites (N-methyl/N-ethyl adjacent to an activating group) is 1. The van der Waals surface area contributed by atoms with Crippen molar-refractivity contribution in [2.24, 2.45) is 0 Å². The Kier molecular flexibility index (Phi) is 4.38. The summed E-state index contributed by atoms with van der Waals surface area (Å²) in [6.07, 6.45) is 2.31. The van der Waals surface area contributed by atoms with Gasteiger partial charge >= 0.3 is 0 Å². The van der Waals surface area contributed by atoms with Crippen molar-refractivity contribution in [3.8, 4) is 0 Å². The molecule has 0 aliphatic carbocycles. The van der Waals surface area contributed by atoms with Gasteiger partial charge in [-0.25, -0.2) is 4.98 Å². The van der Waals surface area contributed by atoms with Gasteiger partial charge in [-0.2, -0.15) is 5.10 Å². The number of aromatic nitrogens is 3. The molecular formula is C12H17ClN4O. The third kappa shape index (κ3) is 2.91. The maximum Gasteiger partial charge on any atom is 0.193 e. The first kappa shape index (κ1) is 13.1. The fourth-order valence-corrected chi connectivity index (χ4v) is 2.08. The minimum atomic E-state index is 0.0667. The van der Waals surface area contributed by atoms with Gasteiger partial charge in [0.2, 0.25) is 0 Å². The quantitative estimate of drug-likeness (QED) is 0.874. The molecule has 0 aliphatic rings. The molecule has 18 heavy (non-hydrogen) atoms. The predicted octanol–water partition coefficient (Wildman–Crippen LogP) is 2.44. The van der Waals surface area contributed by atoms with Gasteiger partial charge in [0.15, 0.2) is 5.22 Å². The lowest BCUT2D eigenvalue weighted by atomic mass is 10.1. The molecule has 98 valence electrons. The minimum absolute atomic E-state index is 0.0667. The monoisotopic (exact) mass is 268 g/mol. The zero-order valence-corrected chi connectivity index (χ0v) is 11.3. The molecule has 0 bridgehead atoms. The van der Waals surface area contributed by atoms with Gasteiger partial charge in [-0.15, -0.1) is 0 Å². The van der Waals surface area contributed by atoms with Crippen molar-refractivity contribution in [1.29, 1.82) is 0 Å². The number of halogens is 1. The van der Waals surface area contributed by atoms with E-state index in [1.165, 1.54) is 0 Å². The summed E-state index contributed by atoms with van der Waals surface area (Å²) in [7, 11) is 0. The summed E-state index contributed by atoms with van der Waals surface area (Å²) in [6, 6.07) is 3.71. The van der Waals surface area contributed by atoms with Crippen LogP contribution in [0.3, 0.4) is 0 Å². The number of nitrogens with zero attached hydrogens (tertiary/aromatic N) is 3. The molecule has 0 fully saturated rings. The summed E-state index contributed by atoms with van der Waals surface area (Å²) in [5.74, 6) is 1.77. The molecule has 5 nitrogen and oxygen atoms in total. The van der Waals surface area contributed by atoms with Crippen LogP contribution in [0.15, 0.2) is 22.9 Å². The van der Waals surface area contributed by atoms with Gasteiger partial charge in [0.05, 0.1) is 6.04 Å². The van der Waals surface area contributed by atoms with E-state index < -0.39 is 0 Å². The number of hydrogen-bond acceptors (Lipinski definition) is 4. The van der Waals surface area contributed by atoms with Crippen LogP contribution in [-0.4, -0.2) is 21.3 Å². The lowest BCUT2D eigenvalue weighted by Gasteiger charge is -2.15. The zero-order valence-electron chi connectivity index (χ0n) is 10.6. The normalized spacial score (nSPS) is 12.8. The molecule has 6 heteroatoms. The maximum atomic E-state index is 5.82. The van der Waals surface area contributed by atoms with Crippen LogP contribution in [0.5, 0.6) is 0 Å². The Hall–Kier alpha value is -1.33. The molecule has 1 atom stereocenters. The van der Waals surface area contributed by atoms with E-state index in [-0.39, 0.29) is 6.04 Å². The van der Waals surface area contributed by atoms with E-state index in [2.05, 4.69) is 22.3 Å². The molecule has 0 spiro atoms. The summed E-state index contributed by atoms with van der Waals surface area (Å²) in [5.41, 5.74) is 0. The predicted molar refractivity (Wildman–Crippen MR) is 69.5 cm³/mol. The van der Waals surface area contributed by atoms with E-state index in [4.69, 9.17) is 16.0 Å². The SMILES string of the molecule is CCNC(Cc1ncnn1CC)c1ccc(Cl)o1. The lowest BCUT2D eigenvalue weighted by Crippen LogP contribution is -2.24. The van der Waals surface area contributed by atoms with Gasteiger partial charge in [0, 0.05) is 13.0 Å². The van der Waals surface area contributed by atoms with Gasteiger partial charge in [-0.1, -0.05) is 6.92 Å². The van der Waals surface area contributed by atoms with Gasteiger partial charge in [0.1, 0.15) is 17.9 Å². The van der Waals surface area contributed by atoms with Crippen LogP contribution >= 0.6 is 11.6 Å². The Morgan fingerprint density at radius 3 is 2.89 bits per heavy atom. The van der Waals surface area contributed by atoms with E-state index in [0.29, 0.717) is 5.22 Å². The molecule has 0 saturated heterocycles. The fourth-order valence-electron chi connectivity index (χ4n) is 1.93. The highest BCUT2D eigenvalue weighted by Gasteiger charge is 2.17. The Labute approximate surface area is 111 Å². The molecule has 2 aromatic heterocycles. The smallest absolute Gasteiger partial charge is 0.193 e. The highest BCUT2D eigenvalue weighted by molar-refractivity contribution is 6.28. The molecule has 2 rings (SSSR count). The Morgan fingerprint density at radius 2 is 2.28 bits per heavy atom. The van der Waals surface area contributed by atoms with E-state index in [0.717, 1.165) is 31.1 Å². The molecule has 0 radical (unpaired) electrons. The zero-order chi connectivity index (χ0) is 13.0. The Bertz CT molecular complexity index is 494. The molecule has 0 aromatic carbocycles. The van der Waals surface area contributed by atoms with E-state index in [1.54, 1.807) is 12.4 Å². The second-order valence-corrected chi connectivity index (χ2v) is 4.32. The summed E-state index contributed by atoms with van der Waals surface area (Å²) in [4.78, 5) is 4.28. The summed E-state index contributed by atoms with van der Waals surface area (Å²) in [6.45, 7) is 5.77. The number of furan rings is 1. The summed E-state index contributed by atoms with van der Waals surface area (Å²) in [5, 5.41) is 7.94. The van der Waals surface area contributed by atoms with Gasteiger partial charge < -0.3 is 9.73 Å². The topological polar surface area (TPSA) is 55.9 Å². The molecule has 1 unspecified atom stereocenters. The second kappa shape index (κ2) is 6.02. The van der Waals surface area contributed by atoms with Crippen LogP contribution in [0, 0.1) is 0 Å². The molecule has 1 N–H and O–H groups in total. The fraction of sp³-hybridized carbons (Fsp3) is 0.500. The van der Waals surface area contributed by atoms with Crippen molar-refractivity contribution in [3.05, 3.63) is 35.3 Å². The highest BCUT2D eigenvalue weighted by atomic mass is 35.5. The molecule has 0 saturated carbocycles. The standard InChI is InChI=1S/C12H17ClN4O/c1-3-14-9(10-5-6-11(13)18-10)7-12-15-8-16-17(12)4-2/h5-6,8-9,14H,3-4,7H2,1-2H3. The molecule has 2 heterocycles. The first-order chi connectivity index (χ1) is 8.74. The Morgan fingerprint density at radius 1 is 1.44 bits per heavy atom. The molecule has 0 amide bonds. The van der Waals surface area contributed by atoms with Gasteiger partial charge in [-0.05, 0) is 37.2 Å². The van der Waals surface area contributed by atoms with Crippen molar-refractivity contribution in [3.63, 3.8) is 0 Å². The van der Waals surface area contributed by atoms with E-state index in [1.807, 2.05) is 17.7 Å². The van der Waals surface area contributed by atoms with Crippen LogP contribution in [0.25, 0.3) is 0 Å². The molecule has 2 aromatic rings. The van der Waals surface area contributed by atoms with Gasteiger partial charge in [0.25, 0.3) is 0 Å². The lowest BCUT2D eigenvalue weighted by molar-refractivity contribution is 0.406. The summed E-state index contributed by atoms with van der Waals surface area (Å²) < 4.78 is 7.35. The van der Waals surface area contributed by atoms with Crippen molar-refractivity contribution < 1.29 is 4.42 Å². The van der Waals surface area contributed by atoms with E-state index in [9.17, 15) is 0 Å². The van der Waals surface area contributed by atoms with Crippen molar-refractivity contribution >= 4 is 11.6 Å². The average molecular weight is 269 g/mol. The second-order valence-electron chi connectivity index (χ2n) is 3.95. The van der Waals surface area contributed by atoms with Gasteiger partial charge in [-0.3, -0.25) is 4.68 Å². The average Bonchev–Trinajstić information content (AvgIpc) is 2.97. The van der Waals surface area contributed by atoms with Crippen molar-refractivity contribution in [2.45, 2.75) is 32.9 Å². The van der Waals surface area contributed by atoms with Crippen LogP contribution in [0.1, 0.15) is 31.5 Å². The number of hydrogen-bond donors (Lipinski definition) is 1. The first-order valence-electron chi connectivity index (χ1n) is 6.09. The summed E-state index contributed by atoms with van der Waals surface area (Å²) >= 11 is 5.82. The van der Waals surface area contributed by atoms with Crippen LogP contribution in [0.4, 0.5) is 0 Å². The highest BCUT2D eigenvalue weighted by Crippen LogP contribution is 2.22. The molecule has 0 aliphatic heterocycles. The third-order valence-corrected chi connectivity index (χ3v) is 2.97. The number of aryl methyl sites for hydroxylation is 1. The van der Waals surface area contributed by atoms with Crippen molar-refractivity contribution in [1.82, 2.24) is 20.1 Å². The Balaban J connectivity index is 2.16. The largest absolute Gasteiger partial charge is 0.448 e.